The monoisotopic (exact) mass is 345 g/mol. The molecule has 1 N–H and O–H groups in total. The highest BCUT2D eigenvalue weighted by Gasteiger charge is 2.10. The average Bonchev–Trinajstić information content (AvgIpc) is 2.55. The van der Waals surface area contributed by atoms with E-state index in [1.54, 1.807) is 18.2 Å². The SMILES string of the molecule is CCOc1cc(/C=C/C(=O)Nc2ccc(C)cc2)cc(Cl)c1OC. The quantitative estimate of drug-likeness (QED) is 0.771. The second-order valence-electron chi connectivity index (χ2n) is 5.16. The van der Waals surface area contributed by atoms with E-state index in [0.29, 0.717) is 23.1 Å². The summed E-state index contributed by atoms with van der Waals surface area (Å²) in [5, 5.41) is 3.23. The number of hydrogen-bond donors (Lipinski definition) is 1. The molecule has 4 nitrogen and oxygen atoms in total. The number of hydrogen-bond acceptors (Lipinski definition) is 3. The van der Waals surface area contributed by atoms with Gasteiger partial charge in [0.1, 0.15) is 0 Å². The number of amides is 1. The van der Waals surface area contributed by atoms with E-state index >= 15 is 0 Å². The number of methoxy groups -OCH3 is 1. The molecule has 2 aromatic rings. The Morgan fingerprint density at radius 3 is 2.58 bits per heavy atom. The van der Waals surface area contributed by atoms with Crippen LogP contribution in [-0.4, -0.2) is 19.6 Å². The Labute approximate surface area is 147 Å². The molecule has 0 spiro atoms. The topological polar surface area (TPSA) is 47.6 Å². The van der Waals surface area contributed by atoms with Gasteiger partial charge in [-0.25, -0.2) is 0 Å². The Balaban J connectivity index is 2.12. The maximum Gasteiger partial charge on any atom is 0.248 e. The Morgan fingerprint density at radius 1 is 1.25 bits per heavy atom. The van der Waals surface area contributed by atoms with Crippen molar-refractivity contribution >= 4 is 29.3 Å². The number of carbonyl (C=O) groups is 1. The van der Waals surface area contributed by atoms with E-state index in [1.165, 1.54) is 13.2 Å². The standard InChI is InChI=1S/C19H20ClNO3/c1-4-24-17-12-14(11-16(20)19(17)23-3)7-10-18(22)21-15-8-5-13(2)6-9-15/h5-12H,4H2,1-3H3,(H,21,22)/b10-7+. The lowest BCUT2D eigenvalue weighted by Gasteiger charge is -2.11. The van der Waals surface area contributed by atoms with Gasteiger partial charge < -0.3 is 14.8 Å². The van der Waals surface area contributed by atoms with Crippen LogP contribution in [0.3, 0.4) is 0 Å². The predicted octanol–water partition coefficient (Wildman–Crippen LogP) is 4.71. The Hall–Kier alpha value is -2.46. The van der Waals surface area contributed by atoms with Gasteiger partial charge in [0.15, 0.2) is 11.5 Å². The van der Waals surface area contributed by atoms with Crippen LogP contribution in [0.2, 0.25) is 5.02 Å². The second-order valence-corrected chi connectivity index (χ2v) is 5.56. The zero-order valence-corrected chi connectivity index (χ0v) is 14.7. The third-order valence-electron chi connectivity index (χ3n) is 3.28. The summed E-state index contributed by atoms with van der Waals surface area (Å²) in [7, 11) is 1.54. The van der Waals surface area contributed by atoms with E-state index in [4.69, 9.17) is 21.1 Å². The molecule has 0 aliphatic heterocycles. The first-order chi connectivity index (χ1) is 11.5. The van der Waals surface area contributed by atoms with Gasteiger partial charge in [0.25, 0.3) is 0 Å². The Bertz CT molecular complexity index is 739. The zero-order valence-electron chi connectivity index (χ0n) is 13.9. The number of anilines is 1. The minimum atomic E-state index is -0.219. The van der Waals surface area contributed by atoms with E-state index in [2.05, 4.69) is 5.32 Å². The molecule has 0 aliphatic rings. The van der Waals surface area contributed by atoms with E-state index in [9.17, 15) is 4.79 Å². The van der Waals surface area contributed by atoms with Crippen molar-refractivity contribution in [3.63, 3.8) is 0 Å². The number of nitrogens with one attached hydrogen (secondary N) is 1. The van der Waals surface area contributed by atoms with Gasteiger partial charge >= 0.3 is 0 Å². The number of carbonyl (C=O) groups excluding carboxylic acids is 1. The first-order valence-corrected chi connectivity index (χ1v) is 7.97. The highest BCUT2D eigenvalue weighted by Crippen LogP contribution is 2.36. The Morgan fingerprint density at radius 2 is 1.96 bits per heavy atom. The van der Waals surface area contributed by atoms with Crippen LogP contribution in [0.5, 0.6) is 11.5 Å². The summed E-state index contributed by atoms with van der Waals surface area (Å²) >= 11 is 6.19. The number of ether oxygens (including phenoxy) is 2. The van der Waals surface area contributed by atoms with Crippen LogP contribution in [0, 0.1) is 6.92 Å². The molecule has 0 unspecified atom stereocenters. The molecule has 0 saturated carbocycles. The third kappa shape index (κ3) is 4.77. The molecule has 0 heterocycles. The average molecular weight is 346 g/mol. The summed E-state index contributed by atoms with van der Waals surface area (Å²) in [5.41, 5.74) is 2.64. The molecule has 0 radical (unpaired) electrons. The molecule has 5 heteroatoms. The molecule has 1 amide bonds. The van der Waals surface area contributed by atoms with Gasteiger partial charge in [0, 0.05) is 11.8 Å². The van der Waals surface area contributed by atoms with Crippen LogP contribution in [0.1, 0.15) is 18.1 Å². The first-order valence-electron chi connectivity index (χ1n) is 7.59. The van der Waals surface area contributed by atoms with Crippen molar-refractivity contribution in [2.75, 3.05) is 19.0 Å². The van der Waals surface area contributed by atoms with E-state index in [-0.39, 0.29) is 5.91 Å². The molecule has 0 aromatic heterocycles. The molecular formula is C19H20ClNO3. The van der Waals surface area contributed by atoms with Crippen molar-refractivity contribution in [2.45, 2.75) is 13.8 Å². The van der Waals surface area contributed by atoms with Crippen molar-refractivity contribution in [3.05, 3.63) is 58.6 Å². The summed E-state index contributed by atoms with van der Waals surface area (Å²) in [6, 6.07) is 11.1. The van der Waals surface area contributed by atoms with Crippen molar-refractivity contribution in [2.24, 2.45) is 0 Å². The largest absolute Gasteiger partial charge is 0.491 e. The van der Waals surface area contributed by atoms with Gasteiger partial charge in [0.05, 0.1) is 18.7 Å². The smallest absolute Gasteiger partial charge is 0.248 e. The summed E-state index contributed by atoms with van der Waals surface area (Å²) in [6.07, 6.45) is 3.13. The highest BCUT2D eigenvalue weighted by molar-refractivity contribution is 6.32. The molecule has 0 aliphatic carbocycles. The molecule has 2 aromatic carbocycles. The van der Waals surface area contributed by atoms with E-state index < -0.39 is 0 Å². The lowest BCUT2D eigenvalue weighted by atomic mass is 10.2. The van der Waals surface area contributed by atoms with E-state index in [0.717, 1.165) is 16.8 Å². The van der Waals surface area contributed by atoms with Crippen LogP contribution < -0.4 is 14.8 Å². The van der Waals surface area contributed by atoms with Crippen molar-refractivity contribution in [3.8, 4) is 11.5 Å². The van der Waals surface area contributed by atoms with Gasteiger partial charge in [-0.05, 0) is 49.8 Å². The van der Waals surface area contributed by atoms with Crippen molar-refractivity contribution in [1.29, 1.82) is 0 Å². The zero-order chi connectivity index (χ0) is 17.5. The van der Waals surface area contributed by atoms with Crippen molar-refractivity contribution < 1.29 is 14.3 Å². The van der Waals surface area contributed by atoms with Gasteiger partial charge in [0.2, 0.25) is 5.91 Å². The first kappa shape index (κ1) is 17.9. The maximum absolute atomic E-state index is 12.0. The maximum atomic E-state index is 12.0. The fourth-order valence-corrected chi connectivity index (χ4v) is 2.43. The number of aryl methyl sites for hydroxylation is 1. The molecule has 0 bridgehead atoms. The highest BCUT2D eigenvalue weighted by atomic mass is 35.5. The minimum absolute atomic E-state index is 0.219. The third-order valence-corrected chi connectivity index (χ3v) is 3.56. The van der Waals surface area contributed by atoms with Gasteiger partial charge in [-0.15, -0.1) is 0 Å². The summed E-state index contributed by atoms with van der Waals surface area (Å²) in [6.45, 7) is 4.37. The molecule has 0 saturated heterocycles. The molecule has 0 fully saturated rings. The van der Waals surface area contributed by atoms with E-state index in [1.807, 2.05) is 38.1 Å². The predicted molar refractivity (Wildman–Crippen MR) is 98.0 cm³/mol. The van der Waals surface area contributed by atoms with Gasteiger partial charge in [-0.3, -0.25) is 4.79 Å². The number of benzene rings is 2. The fraction of sp³-hybridized carbons (Fsp3) is 0.211. The lowest BCUT2D eigenvalue weighted by Crippen LogP contribution is -2.07. The van der Waals surface area contributed by atoms with Crippen LogP contribution in [-0.2, 0) is 4.79 Å². The van der Waals surface area contributed by atoms with Crippen LogP contribution in [0.15, 0.2) is 42.5 Å². The lowest BCUT2D eigenvalue weighted by molar-refractivity contribution is -0.111. The van der Waals surface area contributed by atoms with Crippen LogP contribution >= 0.6 is 11.6 Å². The summed E-state index contributed by atoms with van der Waals surface area (Å²) in [4.78, 5) is 12.0. The van der Waals surface area contributed by atoms with Gasteiger partial charge in [-0.1, -0.05) is 29.3 Å². The fourth-order valence-electron chi connectivity index (χ4n) is 2.14. The van der Waals surface area contributed by atoms with Crippen LogP contribution in [0.4, 0.5) is 5.69 Å². The number of rotatable bonds is 6. The number of halogens is 1. The van der Waals surface area contributed by atoms with Crippen LogP contribution in [0.25, 0.3) is 6.08 Å². The molecule has 2 rings (SSSR count). The second kappa shape index (κ2) is 8.41. The van der Waals surface area contributed by atoms with Crippen molar-refractivity contribution in [1.82, 2.24) is 0 Å². The molecule has 0 atom stereocenters. The Kier molecular flexibility index (Phi) is 6.27. The molecular weight excluding hydrogens is 326 g/mol. The molecule has 126 valence electrons. The van der Waals surface area contributed by atoms with Gasteiger partial charge in [-0.2, -0.15) is 0 Å². The summed E-state index contributed by atoms with van der Waals surface area (Å²) < 4.78 is 10.8. The normalized spacial score (nSPS) is 10.7. The summed E-state index contributed by atoms with van der Waals surface area (Å²) in [5.74, 6) is 0.814. The molecule has 24 heavy (non-hydrogen) atoms. The minimum Gasteiger partial charge on any atom is -0.491 e.